The van der Waals surface area contributed by atoms with Gasteiger partial charge >= 0.3 is 0 Å². The first kappa shape index (κ1) is 11.9. The predicted octanol–water partition coefficient (Wildman–Crippen LogP) is 2.23. The van der Waals surface area contributed by atoms with Crippen LogP contribution < -0.4 is 5.32 Å². The van der Waals surface area contributed by atoms with Crippen molar-refractivity contribution in [2.24, 2.45) is 0 Å². The zero-order valence-electron chi connectivity index (χ0n) is 9.90. The van der Waals surface area contributed by atoms with Crippen molar-refractivity contribution >= 4 is 17.4 Å². The molecule has 0 saturated heterocycles. The van der Waals surface area contributed by atoms with E-state index >= 15 is 0 Å². The Morgan fingerprint density at radius 3 is 3.06 bits per heavy atom. The van der Waals surface area contributed by atoms with E-state index in [1.54, 1.807) is 11.8 Å². The quantitative estimate of drug-likeness (QED) is 0.795. The molecule has 2 aromatic heterocycles. The maximum Gasteiger partial charge on any atom is 0.208 e. The summed E-state index contributed by atoms with van der Waals surface area (Å²) in [7, 11) is 0. The highest BCUT2D eigenvalue weighted by molar-refractivity contribution is 7.98. The van der Waals surface area contributed by atoms with Gasteiger partial charge in [-0.1, -0.05) is 11.8 Å². The van der Waals surface area contributed by atoms with Crippen molar-refractivity contribution in [1.82, 2.24) is 20.2 Å². The average molecular weight is 249 g/mol. The first-order chi connectivity index (χ1) is 8.28. The number of nitrogens with zero attached hydrogens (tertiary/aromatic N) is 3. The van der Waals surface area contributed by atoms with Crippen molar-refractivity contribution in [3.8, 4) is 0 Å². The number of aromatic amines is 1. The maximum absolute atomic E-state index is 4.32. The largest absolute Gasteiger partial charge is 0.385 e. The van der Waals surface area contributed by atoms with Crippen molar-refractivity contribution in [3.63, 3.8) is 0 Å². The number of rotatable bonds is 5. The van der Waals surface area contributed by atoms with Gasteiger partial charge in [0.1, 0.15) is 5.82 Å². The van der Waals surface area contributed by atoms with Crippen LogP contribution in [-0.2, 0) is 5.75 Å². The molecule has 0 aromatic carbocycles. The van der Waals surface area contributed by atoms with Gasteiger partial charge in [0.25, 0.3) is 0 Å². The molecule has 2 N–H and O–H groups in total. The van der Waals surface area contributed by atoms with Crippen molar-refractivity contribution in [2.45, 2.75) is 24.8 Å². The first-order valence-corrected chi connectivity index (χ1v) is 6.47. The van der Waals surface area contributed by atoms with Crippen LogP contribution >= 0.6 is 11.8 Å². The van der Waals surface area contributed by atoms with E-state index in [1.807, 2.05) is 19.2 Å². The van der Waals surface area contributed by atoms with Gasteiger partial charge in [0, 0.05) is 24.2 Å². The molecule has 0 radical (unpaired) electrons. The second-order valence-corrected chi connectivity index (χ2v) is 4.50. The van der Waals surface area contributed by atoms with Gasteiger partial charge in [0.05, 0.1) is 5.69 Å². The Kier molecular flexibility index (Phi) is 3.98. The molecule has 2 aromatic rings. The van der Waals surface area contributed by atoms with Gasteiger partial charge < -0.3 is 5.32 Å². The number of aromatic nitrogens is 4. The van der Waals surface area contributed by atoms with Crippen molar-refractivity contribution in [1.29, 1.82) is 0 Å². The van der Waals surface area contributed by atoms with E-state index in [9.17, 15) is 0 Å². The first-order valence-electron chi connectivity index (χ1n) is 5.48. The Morgan fingerprint density at radius 1 is 1.47 bits per heavy atom. The summed E-state index contributed by atoms with van der Waals surface area (Å²) in [6.07, 6.45) is 1.82. The van der Waals surface area contributed by atoms with Gasteiger partial charge in [0.15, 0.2) is 0 Å². The zero-order chi connectivity index (χ0) is 12.1. The molecule has 0 atom stereocenters. The summed E-state index contributed by atoms with van der Waals surface area (Å²) in [6, 6.07) is 4.02. The standard InChI is InChI=1S/C11H15N5S/c1-3-12-9-4-5-13-10(6-9)7-17-11-14-8(2)15-16-11/h4-6H,3,7H2,1-2H3,(H,12,13)(H,14,15,16). The third kappa shape index (κ3) is 3.45. The lowest BCUT2D eigenvalue weighted by Crippen LogP contribution is -1.98. The van der Waals surface area contributed by atoms with E-state index in [0.717, 1.165) is 34.7 Å². The summed E-state index contributed by atoms with van der Waals surface area (Å²) in [5.41, 5.74) is 2.13. The van der Waals surface area contributed by atoms with Crippen LogP contribution in [0, 0.1) is 6.92 Å². The summed E-state index contributed by atoms with van der Waals surface area (Å²) in [6.45, 7) is 4.88. The van der Waals surface area contributed by atoms with E-state index < -0.39 is 0 Å². The molecule has 5 nitrogen and oxygen atoms in total. The molecular formula is C11H15N5S. The molecular weight excluding hydrogens is 234 g/mol. The van der Waals surface area contributed by atoms with Crippen LogP contribution in [0.5, 0.6) is 0 Å². The molecule has 0 aliphatic heterocycles. The normalized spacial score (nSPS) is 10.5. The van der Waals surface area contributed by atoms with E-state index in [-0.39, 0.29) is 0 Å². The smallest absolute Gasteiger partial charge is 0.208 e. The Balaban J connectivity index is 1.96. The number of H-pyrrole nitrogens is 1. The fourth-order valence-corrected chi connectivity index (χ4v) is 2.14. The molecule has 2 heterocycles. The fraction of sp³-hybridized carbons (Fsp3) is 0.364. The highest BCUT2D eigenvalue weighted by Crippen LogP contribution is 2.19. The molecule has 6 heteroatoms. The van der Waals surface area contributed by atoms with Gasteiger partial charge in [-0.15, -0.1) is 5.10 Å². The molecule has 90 valence electrons. The van der Waals surface area contributed by atoms with Gasteiger partial charge in [-0.3, -0.25) is 10.1 Å². The van der Waals surface area contributed by atoms with Crippen LogP contribution in [0.3, 0.4) is 0 Å². The molecule has 2 rings (SSSR count). The fourth-order valence-electron chi connectivity index (χ4n) is 1.40. The predicted molar refractivity (Wildman–Crippen MR) is 69.1 cm³/mol. The molecule has 0 spiro atoms. The van der Waals surface area contributed by atoms with Gasteiger partial charge in [-0.25, -0.2) is 4.98 Å². The third-order valence-corrected chi connectivity index (χ3v) is 3.00. The summed E-state index contributed by atoms with van der Waals surface area (Å²) in [5.74, 6) is 1.61. The Hall–Kier alpha value is -1.56. The molecule has 0 fully saturated rings. The lowest BCUT2D eigenvalue weighted by atomic mass is 10.3. The zero-order valence-corrected chi connectivity index (χ0v) is 10.7. The van der Waals surface area contributed by atoms with Crippen LogP contribution in [0.1, 0.15) is 18.4 Å². The van der Waals surface area contributed by atoms with Crippen molar-refractivity contribution in [3.05, 3.63) is 29.8 Å². The number of hydrogen-bond acceptors (Lipinski definition) is 5. The molecule has 0 saturated carbocycles. The Bertz CT molecular complexity index is 482. The molecule has 0 amide bonds. The van der Waals surface area contributed by atoms with Crippen molar-refractivity contribution < 1.29 is 0 Å². The monoisotopic (exact) mass is 249 g/mol. The summed E-state index contributed by atoms with van der Waals surface area (Å²) >= 11 is 1.58. The lowest BCUT2D eigenvalue weighted by Gasteiger charge is -2.04. The molecule has 17 heavy (non-hydrogen) atoms. The van der Waals surface area contributed by atoms with E-state index in [1.165, 1.54) is 0 Å². The van der Waals surface area contributed by atoms with Gasteiger partial charge in [-0.2, -0.15) is 0 Å². The van der Waals surface area contributed by atoms with Gasteiger partial charge in [-0.05, 0) is 26.0 Å². The summed E-state index contributed by atoms with van der Waals surface area (Å²) in [4.78, 5) is 8.55. The number of aryl methyl sites for hydroxylation is 1. The van der Waals surface area contributed by atoms with Crippen LogP contribution in [0.2, 0.25) is 0 Å². The Labute approximate surface area is 104 Å². The minimum Gasteiger partial charge on any atom is -0.385 e. The maximum atomic E-state index is 4.32. The van der Waals surface area contributed by atoms with Crippen LogP contribution in [-0.4, -0.2) is 26.7 Å². The van der Waals surface area contributed by atoms with E-state index in [4.69, 9.17) is 0 Å². The highest BCUT2D eigenvalue weighted by Gasteiger charge is 2.02. The number of nitrogens with one attached hydrogen (secondary N) is 2. The molecule has 0 bridgehead atoms. The van der Waals surface area contributed by atoms with Crippen LogP contribution in [0.25, 0.3) is 0 Å². The SMILES string of the molecule is CCNc1ccnc(CSc2n[nH]c(C)n2)c1. The topological polar surface area (TPSA) is 66.5 Å². The highest BCUT2D eigenvalue weighted by atomic mass is 32.2. The molecule has 0 aliphatic rings. The number of thioether (sulfide) groups is 1. The second-order valence-electron chi connectivity index (χ2n) is 3.56. The minimum absolute atomic E-state index is 0.762. The molecule has 0 unspecified atom stereocenters. The van der Waals surface area contributed by atoms with E-state index in [2.05, 4.69) is 38.5 Å². The van der Waals surface area contributed by atoms with Crippen LogP contribution in [0.15, 0.2) is 23.5 Å². The van der Waals surface area contributed by atoms with E-state index in [0.29, 0.717) is 0 Å². The Morgan fingerprint density at radius 2 is 2.35 bits per heavy atom. The molecule has 0 aliphatic carbocycles. The minimum atomic E-state index is 0.762. The third-order valence-electron chi connectivity index (χ3n) is 2.12. The summed E-state index contributed by atoms with van der Waals surface area (Å²) < 4.78 is 0. The second kappa shape index (κ2) is 5.67. The van der Waals surface area contributed by atoms with Crippen LogP contribution in [0.4, 0.5) is 5.69 Å². The lowest BCUT2D eigenvalue weighted by molar-refractivity contribution is 0.968. The summed E-state index contributed by atoms with van der Waals surface area (Å²) in [5, 5.41) is 10.9. The number of pyridine rings is 1. The number of anilines is 1. The number of hydrogen-bond donors (Lipinski definition) is 2. The van der Waals surface area contributed by atoms with Gasteiger partial charge in [0.2, 0.25) is 5.16 Å². The average Bonchev–Trinajstić information content (AvgIpc) is 2.74. The van der Waals surface area contributed by atoms with Crippen molar-refractivity contribution in [2.75, 3.05) is 11.9 Å².